The summed E-state index contributed by atoms with van der Waals surface area (Å²) < 4.78 is 4.14. The van der Waals surface area contributed by atoms with Gasteiger partial charge in [0.25, 0.3) is 0 Å². The Morgan fingerprint density at radius 2 is 2.00 bits per heavy atom. The molecule has 108 valence electrons. The highest BCUT2D eigenvalue weighted by atomic mass is 79.9. The average Bonchev–Trinajstić information content (AvgIpc) is 2.79. The van der Waals surface area contributed by atoms with Crippen LogP contribution in [-0.2, 0) is 13.0 Å². The lowest BCUT2D eigenvalue weighted by Crippen LogP contribution is -2.07. The second kappa shape index (κ2) is 6.46. The molecule has 1 aromatic carbocycles. The first kappa shape index (κ1) is 15.0. The van der Waals surface area contributed by atoms with Gasteiger partial charge < -0.3 is 4.57 Å². The molecule has 0 saturated heterocycles. The highest BCUT2D eigenvalue weighted by molar-refractivity contribution is 9.10. The Hall–Kier alpha value is -0.910. The molecule has 0 bridgehead atoms. The molecule has 0 aliphatic rings. The summed E-state index contributed by atoms with van der Waals surface area (Å²) in [6.07, 6.45) is 2.52. The Morgan fingerprint density at radius 3 is 2.76 bits per heavy atom. The van der Waals surface area contributed by atoms with Crippen molar-refractivity contribution < 1.29 is 0 Å². The van der Waals surface area contributed by atoms with Crippen LogP contribution in [0, 0.1) is 0 Å². The van der Waals surface area contributed by atoms with E-state index in [0.717, 1.165) is 38.9 Å². The molecule has 0 N–H and O–H groups in total. The molecule has 0 unspecified atom stereocenters. The fraction of sp³-hybridized carbons (Fsp3) is 0.200. The summed E-state index contributed by atoms with van der Waals surface area (Å²) in [5.41, 5.74) is 2.96. The van der Waals surface area contributed by atoms with Crippen molar-refractivity contribution in [1.82, 2.24) is 14.5 Å². The monoisotopic (exact) mass is 427 g/mol. The zero-order valence-corrected chi connectivity index (χ0v) is 15.0. The highest BCUT2D eigenvalue weighted by Gasteiger charge is 2.13. The third kappa shape index (κ3) is 3.15. The van der Waals surface area contributed by atoms with Crippen LogP contribution in [0.2, 0.25) is 0 Å². The average molecular weight is 430 g/mol. The van der Waals surface area contributed by atoms with Crippen molar-refractivity contribution in [3.05, 3.63) is 56.9 Å². The van der Waals surface area contributed by atoms with Crippen LogP contribution in [-0.4, -0.2) is 20.4 Å². The molecule has 2 aromatic heterocycles. The van der Waals surface area contributed by atoms with Gasteiger partial charge in [-0.2, -0.15) is 0 Å². The number of halogens is 3. The maximum atomic E-state index is 5.91. The summed E-state index contributed by atoms with van der Waals surface area (Å²) in [6.45, 7) is 0.721. The fourth-order valence-electron chi connectivity index (χ4n) is 2.27. The van der Waals surface area contributed by atoms with E-state index in [4.69, 9.17) is 11.6 Å². The summed E-state index contributed by atoms with van der Waals surface area (Å²) in [7, 11) is 0. The van der Waals surface area contributed by atoms with Crippen LogP contribution in [0.4, 0.5) is 0 Å². The Kier molecular flexibility index (Phi) is 4.62. The minimum atomic E-state index is 0.542. The molecule has 0 atom stereocenters. The largest absolute Gasteiger partial charge is 0.308 e. The van der Waals surface area contributed by atoms with Crippen LogP contribution in [0.1, 0.15) is 11.4 Å². The van der Waals surface area contributed by atoms with Crippen molar-refractivity contribution in [2.75, 3.05) is 5.88 Å². The topological polar surface area (TPSA) is 30.7 Å². The Labute approximate surface area is 144 Å². The molecule has 0 saturated carbocycles. The van der Waals surface area contributed by atoms with Crippen molar-refractivity contribution >= 4 is 54.6 Å². The molecule has 21 heavy (non-hydrogen) atoms. The van der Waals surface area contributed by atoms with Gasteiger partial charge in [-0.3, -0.25) is 0 Å². The summed E-state index contributed by atoms with van der Waals surface area (Å²) in [5, 5.41) is 0. The summed E-state index contributed by atoms with van der Waals surface area (Å²) in [5.74, 6) is 1.50. The first-order valence-corrected chi connectivity index (χ1v) is 8.61. The van der Waals surface area contributed by atoms with Crippen LogP contribution in [0.5, 0.6) is 0 Å². The first-order chi connectivity index (χ1) is 10.2. The number of imidazole rings is 1. The second-order valence-corrected chi connectivity index (χ2v) is 6.79. The lowest BCUT2D eigenvalue weighted by Gasteiger charge is -2.09. The van der Waals surface area contributed by atoms with Crippen molar-refractivity contribution in [3.63, 3.8) is 0 Å². The number of aryl methyl sites for hydroxylation is 1. The van der Waals surface area contributed by atoms with Gasteiger partial charge in [0.2, 0.25) is 0 Å². The summed E-state index contributed by atoms with van der Waals surface area (Å²) in [4.78, 5) is 9.16. The van der Waals surface area contributed by atoms with E-state index in [0.29, 0.717) is 5.88 Å². The van der Waals surface area contributed by atoms with Gasteiger partial charge in [-0.1, -0.05) is 34.1 Å². The molecule has 0 aliphatic carbocycles. The van der Waals surface area contributed by atoms with Crippen molar-refractivity contribution in [1.29, 1.82) is 0 Å². The van der Waals surface area contributed by atoms with Crippen molar-refractivity contribution in [3.8, 4) is 0 Å². The van der Waals surface area contributed by atoms with E-state index in [2.05, 4.69) is 52.5 Å². The van der Waals surface area contributed by atoms with E-state index >= 15 is 0 Å². The lowest BCUT2D eigenvalue weighted by atomic mass is 10.2. The SMILES string of the molecule is ClCCc1nc2cc(Br)cnc2n1Cc1ccccc1Br. The van der Waals surface area contributed by atoms with Gasteiger partial charge in [-0.15, -0.1) is 11.6 Å². The molecule has 3 rings (SSSR count). The van der Waals surface area contributed by atoms with Gasteiger partial charge >= 0.3 is 0 Å². The van der Waals surface area contributed by atoms with Crippen LogP contribution >= 0.6 is 43.5 Å². The Morgan fingerprint density at radius 1 is 1.19 bits per heavy atom. The molecule has 3 aromatic rings. The molecular formula is C15H12Br2ClN3. The molecule has 0 aliphatic heterocycles. The molecular weight excluding hydrogens is 417 g/mol. The predicted molar refractivity (Wildman–Crippen MR) is 92.9 cm³/mol. The smallest absolute Gasteiger partial charge is 0.160 e. The zero-order chi connectivity index (χ0) is 14.8. The van der Waals surface area contributed by atoms with E-state index in [1.165, 1.54) is 5.56 Å². The highest BCUT2D eigenvalue weighted by Crippen LogP contribution is 2.23. The van der Waals surface area contributed by atoms with E-state index in [-0.39, 0.29) is 0 Å². The van der Waals surface area contributed by atoms with Crippen LogP contribution in [0.15, 0.2) is 45.5 Å². The fourth-order valence-corrected chi connectivity index (χ4v) is 3.17. The maximum absolute atomic E-state index is 5.91. The third-order valence-electron chi connectivity index (χ3n) is 3.24. The maximum Gasteiger partial charge on any atom is 0.160 e. The van der Waals surface area contributed by atoms with Crippen LogP contribution in [0.3, 0.4) is 0 Å². The molecule has 0 fully saturated rings. The van der Waals surface area contributed by atoms with Crippen molar-refractivity contribution in [2.45, 2.75) is 13.0 Å². The van der Waals surface area contributed by atoms with Crippen LogP contribution < -0.4 is 0 Å². The predicted octanol–water partition coefficient (Wildman–Crippen LogP) is 4.79. The van der Waals surface area contributed by atoms with Crippen LogP contribution in [0.25, 0.3) is 11.2 Å². The normalized spacial score (nSPS) is 11.2. The number of fused-ring (bicyclic) bond motifs is 1. The van der Waals surface area contributed by atoms with E-state index in [1.807, 2.05) is 24.3 Å². The number of aromatic nitrogens is 3. The van der Waals surface area contributed by atoms with Gasteiger partial charge in [-0.05, 0) is 33.6 Å². The number of pyridine rings is 1. The quantitative estimate of drug-likeness (QED) is 0.559. The van der Waals surface area contributed by atoms with E-state index < -0.39 is 0 Å². The molecule has 0 spiro atoms. The number of hydrogen-bond donors (Lipinski definition) is 0. The number of alkyl halides is 1. The number of hydrogen-bond acceptors (Lipinski definition) is 2. The third-order valence-corrected chi connectivity index (χ3v) is 4.63. The first-order valence-electron chi connectivity index (χ1n) is 6.49. The summed E-state index contributed by atoms with van der Waals surface area (Å²) >= 11 is 12.9. The van der Waals surface area contributed by atoms with Gasteiger partial charge in [-0.25, -0.2) is 9.97 Å². The summed E-state index contributed by atoms with van der Waals surface area (Å²) in [6, 6.07) is 10.2. The van der Waals surface area contributed by atoms with E-state index in [1.54, 1.807) is 6.20 Å². The molecule has 0 radical (unpaired) electrons. The molecule has 6 heteroatoms. The Bertz CT molecular complexity index is 786. The molecule has 3 nitrogen and oxygen atoms in total. The van der Waals surface area contributed by atoms with Crippen molar-refractivity contribution in [2.24, 2.45) is 0 Å². The van der Waals surface area contributed by atoms with Gasteiger partial charge in [0.15, 0.2) is 5.65 Å². The molecule has 2 heterocycles. The number of rotatable bonds is 4. The number of nitrogens with zero attached hydrogens (tertiary/aromatic N) is 3. The van der Waals surface area contributed by atoms with Gasteiger partial charge in [0.05, 0.1) is 6.54 Å². The van der Waals surface area contributed by atoms with E-state index in [9.17, 15) is 0 Å². The Balaban J connectivity index is 2.11. The molecule has 0 amide bonds. The minimum Gasteiger partial charge on any atom is -0.308 e. The zero-order valence-electron chi connectivity index (χ0n) is 11.1. The lowest BCUT2D eigenvalue weighted by molar-refractivity contribution is 0.745. The second-order valence-electron chi connectivity index (χ2n) is 4.64. The van der Waals surface area contributed by atoms with Gasteiger partial charge in [0.1, 0.15) is 11.3 Å². The minimum absolute atomic E-state index is 0.542. The van der Waals surface area contributed by atoms with Gasteiger partial charge in [0, 0.05) is 27.4 Å². The number of benzene rings is 1. The standard InChI is InChI=1S/C15H12Br2ClN3/c16-11-7-13-15(19-8-11)21(14(20-13)5-6-18)9-10-3-1-2-4-12(10)17/h1-4,7-8H,5-6,9H2.